The Balaban J connectivity index is 1.77. The monoisotopic (exact) mass is 401 g/mol. The molecule has 1 N–H and O–H groups in total. The van der Waals surface area contributed by atoms with Crippen LogP contribution in [0.3, 0.4) is 0 Å². The van der Waals surface area contributed by atoms with E-state index in [0.717, 1.165) is 5.01 Å². The fourth-order valence-corrected chi connectivity index (χ4v) is 3.13. The molecule has 0 spiro atoms. The van der Waals surface area contributed by atoms with Gasteiger partial charge in [0, 0.05) is 0 Å². The minimum absolute atomic E-state index is 0.256. The van der Waals surface area contributed by atoms with Crippen molar-refractivity contribution in [3.05, 3.63) is 46.2 Å². The number of thiophene rings is 1. The molecule has 1 atom stereocenters. The standard InChI is InChI=1S/C19H19N3O5S/c1-4-19(2)17(24)22(18(25)21-19)20-11-12-7-8-13(14(10-12)26-3)27-16(23)15-6-5-9-28-15/h5-11H,4H2,1-3H3,(H,21,25)/b20-11-/t19-/m0/s1. The molecule has 1 aliphatic rings. The van der Waals surface area contributed by atoms with E-state index in [1.54, 1.807) is 42.6 Å². The Labute approximate surface area is 165 Å². The molecule has 1 saturated heterocycles. The van der Waals surface area contributed by atoms with Crippen LogP contribution in [0.2, 0.25) is 0 Å². The maximum atomic E-state index is 12.3. The molecule has 1 aromatic heterocycles. The Morgan fingerprint density at radius 2 is 2.11 bits per heavy atom. The third-order valence-corrected chi connectivity index (χ3v) is 5.23. The van der Waals surface area contributed by atoms with E-state index < -0.39 is 23.4 Å². The van der Waals surface area contributed by atoms with Crippen molar-refractivity contribution in [1.82, 2.24) is 10.3 Å². The number of rotatable bonds is 6. The number of nitrogens with one attached hydrogen (secondary N) is 1. The summed E-state index contributed by atoms with van der Waals surface area (Å²) in [5.74, 6) is -0.311. The molecule has 3 amide bonds. The molecular formula is C19H19N3O5S. The van der Waals surface area contributed by atoms with Crippen molar-refractivity contribution in [2.24, 2.45) is 5.10 Å². The number of hydrogen-bond donors (Lipinski definition) is 1. The smallest absolute Gasteiger partial charge is 0.353 e. The largest absolute Gasteiger partial charge is 0.493 e. The SMILES string of the molecule is CC[C@]1(C)NC(=O)N(/N=C\c2ccc(OC(=O)c3cccs3)c(OC)c2)C1=O. The molecule has 0 unspecified atom stereocenters. The van der Waals surface area contributed by atoms with Gasteiger partial charge in [0.15, 0.2) is 11.5 Å². The Kier molecular flexibility index (Phi) is 5.46. The summed E-state index contributed by atoms with van der Waals surface area (Å²) in [5.41, 5.74) is -0.384. The number of amides is 3. The first kappa shape index (κ1) is 19.6. The van der Waals surface area contributed by atoms with E-state index in [1.165, 1.54) is 24.7 Å². The highest BCUT2D eigenvalue weighted by molar-refractivity contribution is 7.12. The maximum absolute atomic E-state index is 12.3. The van der Waals surface area contributed by atoms with Gasteiger partial charge in [-0.1, -0.05) is 13.0 Å². The molecule has 8 nitrogen and oxygen atoms in total. The molecule has 3 rings (SSSR count). The van der Waals surface area contributed by atoms with Crippen LogP contribution in [-0.2, 0) is 4.79 Å². The van der Waals surface area contributed by atoms with Crippen molar-refractivity contribution in [3.8, 4) is 11.5 Å². The number of urea groups is 1. The van der Waals surface area contributed by atoms with Gasteiger partial charge in [0.05, 0.1) is 13.3 Å². The van der Waals surface area contributed by atoms with Crippen molar-refractivity contribution in [3.63, 3.8) is 0 Å². The molecule has 9 heteroatoms. The van der Waals surface area contributed by atoms with Gasteiger partial charge in [-0.05, 0) is 48.6 Å². The van der Waals surface area contributed by atoms with E-state index in [1.807, 2.05) is 6.92 Å². The topological polar surface area (TPSA) is 97.3 Å². The van der Waals surface area contributed by atoms with Crippen LogP contribution in [0, 0.1) is 0 Å². The summed E-state index contributed by atoms with van der Waals surface area (Å²) in [6, 6.07) is 7.66. The highest BCUT2D eigenvalue weighted by atomic mass is 32.1. The van der Waals surface area contributed by atoms with Gasteiger partial charge in [-0.3, -0.25) is 4.79 Å². The Bertz CT molecular complexity index is 941. The van der Waals surface area contributed by atoms with E-state index in [4.69, 9.17) is 9.47 Å². The minimum atomic E-state index is -0.952. The Morgan fingerprint density at radius 1 is 1.32 bits per heavy atom. The number of hydrogen-bond acceptors (Lipinski definition) is 7. The zero-order valence-electron chi connectivity index (χ0n) is 15.6. The van der Waals surface area contributed by atoms with Gasteiger partial charge >= 0.3 is 12.0 Å². The van der Waals surface area contributed by atoms with Crippen molar-refractivity contribution in [2.45, 2.75) is 25.8 Å². The number of esters is 1. The zero-order valence-corrected chi connectivity index (χ0v) is 16.4. The van der Waals surface area contributed by atoms with Crippen molar-refractivity contribution < 1.29 is 23.9 Å². The summed E-state index contributed by atoms with van der Waals surface area (Å²) in [6.07, 6.45) is 1.83. The molecule has 146 valence electrons. The second kappa shape index (κ2) is 7.81. The molecular weight excluding hydrogens is 382 g/mol. The summed E-state index contributed by atoms with van der Waals surface area (Å²) in [7, 11) is 1.45. The lowest BCUT2D eigenvalue weighted by molar-refractivity contribution is -0.130. The minimum Gasteiger partial charge on any atom is -0.493 e. The van der Waals surface area contributed by atoms with Gasteiger partial charge in [-0.2, -0.15) is 5.10 Å². The number of benzene rings is 1. The lowest BCUT2D eigenvalue weighted by Crippen LogP contribution is -2.42. The second-order valence-corrected chi connectivity index (χ2v) is 7.20. The number of methoxy groups -OCH3 is 1. The van der Waals surface area contributed by atoms with E-state index in [-0.39, 0.29) is 5.75 Å². The molecule has 0 saturated carbocycles. The van der Waals surface area contributed by atoms with Crippen LogP contribution < -0.4 is 14.8 Å². The lowest BCUT2D eigenvalue weighted by Gasteiger charge is -2.17. The average Bonchev–Trinajstić information content (AvgIpc) is 3.29. The summed E-state index contributed by atoms with van der Waals surface area (Å²) < 4.78 is 10.6. The summed E-state index contributed by atoms with van der Waals surface area (Å²) in [4.78, 5) is 36.9. The lowest BCUT2D eigenvalue weighted by atomic mass is 10.00. The third kappa shape index (κ3) is 3.74. The first-order valence-electron chi connectivity index (χ1n) is 8.52. The molecule has 1 fully saturated rings. The predicted molar refractivity (Wildman–Crippen MR) is 104 cm³/mol. The highest BCUT2D eigenvalue weighted by Crippen LogP contribution is 2.29. The zero-order chi connectivity index (χ0) is 20.3. The third-order valence-electron chi connectivity index (χ3n) is 4.38. The quantitative estimate of drug-likeness (QED) is 0.347. The second-order valence-electron chi connectivity index (χ2n) is 6.25. The molecule has 2 aromatic rings. The van der Waals surface area contributed by atoms with Gasteiger partial charge in [0.2, 0.25) is 0 Å². The van der Waals surface area contributed by atoms with Crippen LogP contribution in [0.4, 0.5) is 4.79 Å². The Hall–Kier alpha value is -3.20. The van der Waals surface area contributed by atoms with Crippen LogP contribution in [0.1, 0.15) is 35.5 Å². The molecule has 28 heavy (non-hydrogen) atoms. The maximum Gasteiger partial charge on any atom is 0.353 e. The van der Waals surface area contributed by atoms with E-state index in [0.29, 0.717) is 22.6 Å². The highest BCUT2D eigenvalue weighted by Gasteiger charge is 2.46. The average molecular weight is 401 g/mol. The van der Waals surface area contributed by atoms with Gasteiger partial charge in [-0.15, -0.1) is 16.3 Å². The van der Waals surface area contributed by atoms with E-state index >= 15 is 0 Å². The fourth-order valence-electron chi connectivity index (χ4n) is 2.53. The molecule has 0 aliphatic carbocycles. The predicted octanol–water partition coefficient (Wildman–Crippen LogP) is 3.03. The normalized spacial score (nSPS) is 19.2. The van der Waals surface area contributed by atoms with E-state index in [2.05, 4.69) is 10.4 Å². The van der Waals surface area contributed by atoms with Crippen molar-refractivity contribution in [1.29, 1.82) is 0 Å². The summed E-state index contributed by atoms with van der Waals surface area (Å²) >= 11 is 1.28. The van der Waals surface area contributed by atoms with Gasteiger partial charge in [0.25, 0.3) is 5.91 Å². The van der Waals surface area contributed by atoms with E-state index in [9.17, 15) is 14.4 Å². The van der Waals surface area contributed by atoms with Crippen LogP contribution in [0.5, 0.6) is 11.5 Å². The van der Waals surface area contributed by atoms with Crippen molar-refractivity contribution in [2.75, 3.05) is 7.11 Å². The summed E-state index contributed by atoms with van der Waals surface area (Å²) in [6.45, 7) is 3.47. The Morgan fingerprint density at radius 3 is 2.71 bits per heavy atom. The number of hydrazone groups is 1. The molecule has 0 radical (unpaired) electrons. The number of carbonyl (C=O) groups excluding carboxylic acids is 3. The molecule has 1 aromatic carbocycles. The number of imide groups is 1. The van der Waals surface area contributed by atoms with Crippen LogP contribution in [-0.4, -0.2) is 41.8 Å². The number of carbonyl (C=O) groups is 3. The molecule has 1 aliphatic heterocycles. The number of nitrogens with zero attached hydrogens (tertiary/aromatic N) is 2. The summed E-state index contributed by atoms with van der Waals surface area (Å²) in [5, 5.41) is 9.21. The van der Waals surface area contributed by atoms with Gasteiger partial charge in [0.1, 0.15) is 10.4 Å². The van der Waals surface area contributed by atoms with Gasteiger partial charge < -0.3 is 14.8 Å². The molecule has 0 bridgehead atoms. The van der Waals surface area contributed by atoms with Gasteiger partial charge in [-0.25, -0.2) is 9.59 Å². The van der Waals surface area contributed by atoms with Crippen LogP contribution in [0.25, 0.3) is 0 Å². The fraction of sp³-hybridized carbons (Fsp3) is 0.263. The van der Waals surface area contributed by atoms with Crippen LogP contribution in [0.15, 0.2) is 40.8 Å². The van der Waals surface area contributed by atoms with Crippen LogP contribution >= 0.6 is 11.3 Å². The molecule has 2 heterocycles. The first-order valence-corrected chi connectivity index (χ1v) is 9.40. The first-order chi connectivity index (χ1) is 13.4. The van der Waals surface area contributed by atoms with Crippen molar-refractivity contribution >= 4 is 35.5 Å². The number of ether oxygens (including phenoxy) is 2.